The van der Waals surface area contributed by atoms with E-state index in [4.69, 9.17) is 4.52 Å². The fourth-order valence-corrected chi connectivity index (χ4v) is 2.75. The number of halogens is 2. The van der Waals surface area contributed by atoms with Crippen LogP contribution in [0, 0.1) is 0 Å². The van der Waals surface area contributed by atoms with Crippen LogP contribution in [0.5, 0.6) is 0 Å². The van der Waals surface area contributed by atoms with Gasteiger partial charge in [-0.15, -0.1) is 12.4 Å². The summed E-state index contributed by atoms with van der Waals surface area (Å²) in [5.74, 6) is 1.32. The minimum absolute atomic E-state index is 0. The van der Waals surface area contributed by atoms with Gasteiger partial charge in [0.1, 0.15) is 0 Å². The molecule has 1 aliphatic heterocycles. The van der Waals surface area contributed by atoms with Gasteiger partial charge in [0.15, 0.2) is 0 Å². The topological polar surface area (TPSA) is 54.2 Å². The minimum atomic E-state index is 0. The first kappa shape index (κ1) is 16.4. The van der Waals surface area contributed by atoms with Crippen molar-refractivity contribution >= 4 is 28.3 Å². The Kier molecular flexibility index (Phi) is 5.75. The quantitative estimate of drug-likeness (QED) is 0.896. The number of piperazine rings is 1. The zero-order valence-corrected chi connectivity index (χ0v) is 14.2. The Morgan fingerprint density at radius 2 is 2.33 bits per heavy atom. The predicted molar refractivity (Wildman–Crippen MR) is 87.4 cm³/mol. The number of benzene rings is 1. The van der Waals surface area contributed by atoms with Crippen LogP contribution in [0.2, 0.25) is 0 Å². The third-order valence-electron chi connectivity index (χ3n) is 3.53. The summed E-state index contributed by atoms with van der Waals surface area (Å²) in [6.45, 7) is 5.95. The van der Waals surface area contributed by atoms with Crippen LogP contribution in [0.1, 0.15) is 12.8 Å². The summed E-state index contributed by atoms with van der Waals surface area (Å²) < 4.78 is 6.38. The van der Waals surface area contributed by atoms with E-state index >= 15 is 0 Å². The minimum Gasteiger partial charge on any atom is -0.338 e. The van der Waals surface area contributed by atoms with Crippen LogP contribution >= 0.6 is 28.3 Å². The van der Waals surface area contributed by atoms with Gasteiger partial charge in [-0.2, -0.15) is 4.98 Å². The summed E-state index contributed by atoms with van der Waals surface area (Å²) in [7, 11) is 0. The molecule has 1 aromatic carbocycles. The first-order chi connectivity index (χ1) is 9.72. The molecule has 0 bridgehead atoms. The Morgan fingerprint density at radius 1 is 1.48 bits per heavy atom. The number of hydrogen-bond acceptors (Lipinski definition) is 5. The summed E-state index contributed by atoms with van der Waals surface area (Å²) in [4.78, 5) is 6.85. The van der Waals surface area contributed by atoms with Gasteiger partial charge in [-0.05, 0) is 19.1 Å². The van der Waals surface area contributed by atoms with Gasteiger partial charge in [-0.25, -0.2) is 0 Å². The number of nitrogens with zero attached hydrogens (tertiary/aromatic N) is 3. The van der Waals surface area contributed by atoms with Crippen LogP contribution in [0.4, 0.5) is 0 Å². The van der Waals surface area contributed by atoms with E-state index in [2.05, 4.69) is 43.2 Å². The number of nitrogens with one attached hydrogen (secondary N) is 1. The molecule has 0 saturated carbocycles. The van der Waals surface area contributed by atoms with Crippen LogP contribution in [0.3, 0.4) is 0 Å². The zero-order chi connectivity index (χ0) is 13.9. The Balaban J connectivity index is 0.00000161. The van der Waals surface area contributed by atoms with Crippen molar-refractivity contribution in [1.82, 2.24) is 20.4 Å². The summed E-state index contributed by atoms with van der Waals surface area (Å²) in [6, 6.07) is 8.40. The van der Waals surface area contributed by atoms with Gasteiger partial charge in [-0.1, -0.05) is 33.2 Å². The van der Waals surface area contributed by atoms with Gasteiger partial charge in [0.05, 0.1) is 6.54 Å². The molecule has 1 atom stereocenters. The zero-order valence-electron chi connectivity index (χ0n) is 11.8. The van der Waals surface area contributed by atoms with E-state index in [1.54, 1.807) is 0 Å². The summed E-state index contributed by atoms with van der Waals surface area (Å²) >= 11 is 3.45. The second-order valence-corrected chi connectivity index (χ2v) is 5.96. The van der Waals surface area contributed by atoms with E-state index in [1.807, 2.05) is 24.3 Å². The molecular weight excluding hydrogens is 356 g/mol. The predicted octanol–water partition coefficient (Wildman–Crippen LogP) is 2.71. The first-order valence-electron chi connectivity index (χ1n) is 6.75. The summed E-state index contributed by atoms with van der Waals surface area (Å²) in [6.07, 6.45) is 0. The molecule has 0 amide bonds. The average molecular weight is 374 g/mol. The van der Waals surface area contributed by atoms with E-state index in [9.17, 15) is 0 Å². The fraction of sp³-hybridized carbons (Fsp3) is 0.429. The van der Waals surface area contributed by atoms with Crippen LogP contribution in [0.25, 0.3) is 11.4 Å². The van der Waals surface area contributed by atoms with Crippen molar-refractivity contribution in [2.75, 3.05) is 19.6 Å². The highest BCUT2D eigenvalue weighted by molar-refractivity contribution is 9.10. The van der Waals surface area contributed by atoms with Crippen LogP contribution in [-0.4, -0.2) is 40.7 Å². The molecule has 7 heteroatoms. The highest BCUT2D eigenvalue weighted by Gasteiger charge is 2.20. The van der Waals surface area contributed by atoms with Crippen molar-refractivity contribution < 1.29 is 4.52 Å². The molecular formula is C14H18BrClN4O. The SMILES string of the molecule is C[C@@H]1CNCCN1Cc1nc(-c2cccc(Br)c2)no1.Cl. The second-order valence-electron chi connectivity index (χ2n) is 5.05. The Hall–Kier alpha value is -0.950. The number of aromatic nitrogens is 2. The summed E-state index contributed by atoms with van der Waals surface area (Å²) in [5.41, 5.74) is 0.961. The van der Waals surface area contributed by atoms with Gasteiger partial charge in [0.25, 0.3) is 0 Å². The molecule has 0 spiro atoms. The standard InChI is InChI=1S/C14H17BrN4O.ClH/c1-10-8-16-5-6-19(10)9-13-17-14(18-20-13)11-3-2-4-12(15)7-11;/h2-4,7,10,16H,5-6,8-9H2,1H3;1H/t10-;/m1./s1. The molecule has 2 heterocycles. The van der Waals surface area contributed by atoms with Crippen molar-refractivity contribution in [3.63, 3.8) is 0 Å². The maximum Gasteiger partial charge on any atom is 0.241 e. The molecule has 5 nitrogen and oxygen atoms in total. The van der Waals surface area contributed by atoms with Crippen molar-refractivity contribution in [1.29, 1.82) is 0 Å². The number of hydrogen-bond donors (Lipinski definition) is 1. The lowest BCUT2D eigenvalue weighted by atomic mass is 10.2. The maximum atomic E-state index is 5.37. The third-order valence-corrected chi connectivity index (χ3v) is 4.02. The third kappa shape index (κ3) is 4.03. The van der Waals surface area contributed by atoms with Crippen molar-refractivity contribution in [2.45, 2.75) is 19.5 Å². The molecule has 1 saturated heterocycles. The second kappa shape index (κ2) is 7.35. The lowest BCUT2D eigenvalue weighted by Gasteiger charge is -2.32. The van der Waals surface area contributed by atoms with E-state index in [-0.39, 0.29) is 12.4 Å². The van der Waals surface area contributed by atoms with Gasteiger partial charge in [-0.3, -0.25) is 4.90 Å². The van der Waals surface area contributed by atoms with Crippen LogP contribution in [0.15, 0.2) is 33.3 Å². The van der Waals surface area contributed by atoms with E-state index in [0.717, 1.165) is 29.7 Å². The highest BCUT2D eigenvalue weighted by atomic mass is 79.9. The molecule has 0 unspecified atom stereocenters. The fourth-order valence-electron chi connectivity index (χ4n) is 2.36. The molecule has 21 heavy (non-hydrogen) atoms. The van der Waals surface area contributed by atoms with Gasteiger partial charge >= 0.3 is 0 Å². The van der Waals surface area contributed by atoms with Gasteiger partial charge in [0, 0.05) is 35.7 Å². The molecule has 0 aliphatic carbocycles. The molecule has 1 aliphatic rings. The molecule has 1 fully saturated rings. The van der Waals surface area contributed by atoms with Crippen molar-refractivity contribution in [3.8, 4) is 11.4 Å². The maximum absolute atomic E-state index is 5.37. The van der Waals surface area contributed by atoms with Crippen LogP contribution in [-0.2, 0) is 6.54 Å². The Bertz CT molecular complexity index is 592. The van der Waals surface area contributed by atoms with E-state index < -0.39 is 0 Å². The number of rotatable bonds is 3. The molecule has 1 N–H and O–H groups in total. The smallest absolute Gasteiger partial charge is 0.241 e. The van der Waals surface area contributed by atoms with Crippen molar-refractivity contribution in [3.05, 3.63) is 34.6 Å². The lowest BCUT2D eigenvalue weighted by Crippen LogP contribution is -2.49. The van der Waals surface area contributed by atoms with Crippen LogP contribution < -0.4 is 5.32 Å². The molecule has 1 aromatic heterocycles. The largest absolute Gasteiger partial charge is 0.338 e. The molecule has 3 rings (SSSR count). The van der Waals surface area contributed by atoms with E-state index in [0.29, 0.717) is 24.3 Å². The lowest BCUT2D eigenvalue weighted by molar-refractivity contribution is 0.146. The first-order valence-corrected chi connectivity index (χ1v) is 7.55. The Morgan fingerprint density at radius 3 is 3.10 bits per heavy atom. The molecule has 0 radical (unpaired) electrons. The highest BCUT2D eigenvalue weighted by Crippen LogP contribution is 2.21. The molecule has 2 aromatic rings. The summed E-state index contributed by atoms with van der Waals surface area (Å²) in [5, 5.41) is 7.44. The monoisotopic (exact) mass is 372 g/mol. The van der Waals surface area contributed by atoms with Crippen molar-refractivity contribution in [2.24, 2.45) is 0 Å². The normalized spacial score (nSPS) is 19.2. The molecule has 114 valence electrons. The van der Waals surface area contributed by atoms with Gasteiger partial charge in [0.2, 0.25) is 11.7 Å². The average Bonchev–Trinajstić information content (AvgIpc) is 2.90. The van der Waals surface area contributed by atoms with E-state index in [1.165, 1.54) is 0 Å². The Labute approximate surface area is 138 Å². The van der Waals surface area contributed by atoms with Gasteiger partial charge < -0.3 is 9.84 Å².